The Labute approximate surface area is 181 Å². The van der Waals surface area contributed by atoms with Crippen LogP contribution in [0.5, 0.6) is 5.75 Å². The molecule has 6 nitrogen and oxygen atoms in total. The van der Waals surface area contributed by atoms with Crippen molar-refractivity contribution in [2.45, 2.75) is 57.1 Å². The van der Waals surface area contributed by atoms with Crippen molar-refractivity contribution < 1.29 is 23.5 Å². The molecule has 1 N–H and O–H groups in total. The van der Waals surface area contributed by atoms with E-state index in [2.05, 4.69) is 5.32 Å². The van der Waals surface area contributed by atoms with Crippen molar-refractivity contribution in [3.8, 4) is 5.75 Å². The van der Waals surface area contributed by atoms with Crippen LogP contribution in [-0.4, -0.2) is 55.2 Å². The molecule has 1 spiro atoms. The summed E-state index contributed by atoms with van der Waals surface area (Å²) in [5.74, 6) is -0.423. The van der Waals surface area contributed by atoms with Crippen LogP contribution in [0.1, 0.15) is 44.9 Å². The minimum absolute atomic E-state index is 0.0187. The molecule has 3 fully saturated rings. The van der Waals surface area contributed by atoms with Crippen molar-refractivity contribution in [1.82, 2.24) is 10.2 Å². The Kier molecular flexibility index (Phi) is 6.48. The molecule has 1 aliphatic heterocycles. The van der Waals surface area contributed by atoms with Gasteiger partial charge in [-0.25, -0.2) is 4.39 Å². The van der Waals surface area contributed by atoms with Gasteiger partial charge in [-0.05, 0) is 62.5 Å². The molecule has 1 aromatic rings. The van der Waals surface area contributed by atoms with Gasteiger partial charge in [-0.2, -0.15) is 0 Å². The van der Waals surface area contributed by atoms with Gasteiger partial charge in [0.05, 0.1) is 11.1 Å². The van der Waals surface area contributed by atoms with Gasteiger partial charge in [-0.15, -0.1) is 0 Å². The van der Waals surface area contributed by atoms with Crippen LogP contribution < -0.4 is 10.1 Å². The van der Waals surface area contributed by atoms with E-state index >= 15 is 0 Å². The minimum atomic E-state index is -0.574. The largest absolute Gasteiger partial charge is 0.484 e. The Morgan fingerprint density at radius 3 is 2.57 bits per heavy atom. The average molecular weight is 439 g/mol. The minimum Gasteiger partial charge on any atom is -0.484 e. The van der Waals surface area contributed by atoms with E-state index in [9.17, 15) is 14.0 Å². The molecule has 0 aromatic heterocycles. The maximum absolute atomic E-state index is 13.4. The van der Waals surface area contributed by atoms with Crippen LogP contribution in [0.2, 0.25) is 5.02 Å². The zero-order valence-corrected chi connectivity index (χ0v) is 17.8. The Balaban J connectivity index is 1.13. The fourth-order valence-electron chi connectivity index (χ4n) is 4.53. The normalized spacial score (nSPS) is 21.1. The number of nitrogens with zero attached hydrogens (tertiary/aromatic N) is 1. The second kappa shape index (κ2) is 9.10. The molecule has 3 aliphatic rings. The molecule has 4 rings (SSSR count). The molecule has 8 heteroatoms. The zero-order valence-electron chi connectivity index (χ0n) is 17.0. The predicted molar refractivity (Wildman–Crippen MR) is 110 cm³/mol. The fourth-order valence-corrected chi connectivity index (χ4v) is 4.65. The number of halogens is 2. The lowest BCUT2D eigenvalue weighted by atomic mass is 9.60. The van der Waals surface area contributed by atoms with E-state index in [1.165, 1.54) is 24.6 Å². The standard InChI is InChI=1S/C22H28ClFN2O4/c23-18-5-4-17(10-19(18)24)29-13-20(27)25-15-11-22(12-15)6-8-26(9-7-22)21(28)14-30-16-2-1-3-16/h4-5,10,15-16H,1-3,6-9,11-14H2,(H,25,27). The lowest BCUT2D eigenvalue weighted by Gasteiger charge is -2.52. The highest BCUT2D eigenvalue weighted by molar-refractivity contribution is 6.30. The highest BCUT2D eigenvalue weighted by Gasteiger charge is 2.46. The van der Waals surface area contributed by atoms with E-state index in [0.717, 1.165) is 51.6 Å². The highest BCUT2D eigenvalue weighted by atomic mass is 35.5. The first-order chi connectivity index (χ1) is 14.4. The second-order valence-electron chi connectivity index (χ2n) is 8.78. The van der Waals surface area contributed by atoms with E-state index in [1.807, 2.05) is 4.90 Å². The zero-order chi connectivity index (χ0) is 21.1. The monoisotopic (exact) mass is 438 g/mol. The van der Waals surface area contributed by atoms with Crippen LogP contribution in [0.4, 0.5) is 4.39 Å². The number of carbonyl (C=O) groups excluding carboxylic acids is 2. The summed E-state index contributed by atoms with van der Waals surface area (Å²) in [5.41, 5.74) is 0.226. The smallest absolute Gasteiger partial charge is 0.258 e. The fraction of sp³-hybridized carbons (Fsp3) is 0.636. The average Bonchev–Trinajstić information content (AvgIpc) is 2.67. The number of amides is 2. The Hall–Kier alpha value is -1.86. The molecule has 0 bridgehead atoms. The molecule has 0 unspecified atom stereocenters. The first-order valence-corrected chi connectivity index (χ1v) is 11.1. The molecule has 1 heterocycles. The number of likely N-dealkylation sites (tertiary alicyclic amines) is 1. The number of piperidine rings is 1. The molecule has 0 radical (unpaired) electrons. The summed E-state index contributed by atoms with van der Waals surface area (Å²) in [6.45, 7) is 1.57. The van der Waals surface area contributed by atoms with Crippen LogP contribution in [0.15, 0.2) is 18.2 Å². The molecule has 0 atom stereocenters. The molecule has 2 aliphatic carbocycles. The van der Waals surface area contributed by atoms with E-state index < -0.39 is 5.82 Å². The maximum Gasteiger partial charge on any atom is 0.258 e. The lowest BCUT2D eigenvalue weighted by Crippen LogP contribution is -2.56. The molecule has 30 heavy (non-hydrogen) atoms. The van der Waals surface area contributed by atoms with Crippen molar-refractivity contribution in [2.24, 2.45) is 5.41 Å². The van der Waals surface area contributed by atoms with E-state index in [0.29, 0.717) is 0 Å². The number of benzene rings is 1. The number of hydrogen-bond donors (Lipinski definition) is 1. The summed E-state index contributed by atoms with van der Waals surface area (Å²) in [7, 11) is 0. The third kappa shape index (κ3) is 5.06. The maximum atomic E-state index is 13.4. The van der Waals surface area contributed by atoms with Crippen LogP contribution >= 0.6 is 11.6 Å². The van der Waals surface area contributed by atoms with Gasteiger partial charge in [-0.3, -0.25) is 9.59 Å². The van der Waals surface area contributed by atoms with Crippen molar-refractivity contribution in [3.63, 3.8) is 0 Å². The highest BCUT2D eigenvalue weighted by Crippen LogP contribution is 2.49. The molecule has 164 valence electrons. The van der Waals surface area contributed by atoms with Gasteiger partial charge in [0, 0.05) is 25.2 Å². The first-order valence-electron chi connectivity index (χ1n) is 10.7. The summed E-state index contributed by atoms with van der Waals surface area (Å²) in [6.07, 6.45) is 7.42. The van der Waals surface area contributed by atoms with Crippen molar-refractivity contribution in [2.75, 3.05) is 26.3 Å². The number of carbonyl (C=O) groups is 2. The van der Waals surface area contributed by atoms with Gasteiger partial charge in [0.25, 0.3) is 5.91 Å². The number of nitrogens with one attached hydrogen (secondary N) is 1. The SMILES string of the molecule is O=C(COc1ccc(Cl)c(F)c1)NC1CC2(CCN(C(=O)COC3CCC3)CC2)C1. The number of rotatable bonds is 7. The van der Waals surface area contributed by atoms with Crippen LogP contribution in [-0.2, 0) is 14.3 Å². The van der Waals surface area contributed by atoms with E-state index in [-0.39, 0.29) is 53.4 Å². The van der Waals surface area contributed by atoms with Crippen LogP contribution in [0.3, 0.4) is 0 Å². The second-order valence-corrected chi connectivity index (χ2v) is 9.19. The third-order valence-electron chi connectivity index (χ3n) is 6.66. The third-order valence-corrected chi connectivity index (χ3v) is 6.96. The van der Waals surface area contributed by atoms with E-state index in [4.69, 9.17) is 21.1 Å². The summed E-state index contributed by atoms with van der Waals surface area (Å²) < 4.78 is 24.4. The number of ether oxygens (including phenoxy) is 2. The van der Waals surface area contributed by atoms with Crippen molar-refractivity contribution >= 4 is 23.4 Å². The lowest BCUT2D eigenvalue weighted by molar-refractivity contribution is -0.143. The molecule has 1 saturated heterocycles. The van der Waals surface area contributed by atoms with Gasteiger partial charge in [0.1, 0.15) is 18.2 Å². The molecule has 1 aromatic carbocycles. The topological polar surface area (TPSA) is 67.9 Å². The summed E-state index contributed by atoms with van der Waals surface area (Å²) in [6, 6.07) is 4.23. The molecular formula is C22H28ClFN2O4. The quantitative estimate of drug-likeness (QED) is 0.709. The summed E-state index contributed by atoms with van der Waals surface area (Å²) >= 11 is 5.63. The molecule has 2 amide bonds. The predicted octanol–water partition coefficient (Wildman–Crippen LogP) is 3.31. The summed E-state index contributed by atoms with van der Waals surface area (Å²) in [5, 5.41) is 3.00. The van der Waals surface area contributed by atoms with Crippen LogP contribution in [0, 0.1) is 11.2 Å². The van der Waals surface area contributed by atoms with Gasteiger partial charge in [0.15, 0.2) is 6.61 Å². The van der Waals surface area contributed by atoms with Crippen LogP contribution in [0.25, 0.3) is 0 Å². The Morgan fingerprint density at radius 1 is 1.20 bits per heavy atom. The van der Waals surface area contributed by atoms with Crippen molar-refractivity contribution in [3.05, 3.63) is 29.0 Å². The van der Waals surface area contributed by atoms with Gasteiger partial charge in [0.2, 0.25) is 5.91 Å². The first kappa shape index (κ1) is 21.4. The number of hydrogen-bond acceptors (Lipinski definition) is 4. The van der Waals surface area contributed by atoms with Gasteiger partial charge < -0.3 is 19.7 Å². The molecular weight excluding hydrogens is 411 g/mol. The van der Waals surface area contributed by atoms with E-state index in [1.54, 1.807) is 0 Å². The molecule has 2 saturated carbocycles. The summed E-state index contributed by atoms with van der Waals surface area (Å²) in [4.78, 5) is 26.3. The Bertz CT molecular complexity index is 785. The van der Waals surface area contributed by atoms with Gasteiger partial charge in [-0.1, -0.05) is 11.6 Å². The van der Waals surface area contributed by atoms with Gasteiger partial charge >= 0.3 is 0 Å². The Morgan fingerprint density at radius 2 is 1.93 bits per heavy atom. The van der Waals surface area contributed by atoms with Crippen molar-refractivity contribution in [1.29, 1.82) is 0 Å².